The maximum atomic E-state index is 12.3. The second kappa shape index (κ2) is 5.94. The minimum atomic E-state index is -3.68. The summed E-state index contributed by atoms with van der Waals surface area (Å²) in [4.78, 5) is 0. The summed E-state index contributed by atoms with van der Waals surface area (Å²) in [7, 11) is -1.93. The van der Waals surface area contributed by atoms with Crippen molar-refractivity contribution in [2.45, 2.75) is 18.5 Å². The van der Waals surface area contributed by atoms with Gasteiger partial charge < -0.3 is 5.32 Å². The van der Waals surface area contributed by atoms with Crippen molar-refractivity contribution >= 4 is 31.6 Å². The lowest BCUT2D eigenvalue weighted by Gasteiger charge is -2.09. The van der Waals surface area contributed by atoms with Crippen LogP contribution in [0.1, 0.15) is 11.1 Å². The predicted octanol–water partition coefficient (Wildman–Crippen LogP) is 2.00. The number of hydrogen-bond donors (Lipinski definition) is 3. The van der Waals surface area contributed by atoms with Crippen molar-refractivity contribution in [1.29, 1.82) is 0 Å². The van der Waals surface area contributed by atoms with E-state index in [0.29, 0.717) is 17.8 Å². The molecule has 1 heterocycles. The highest BCUT2D eigenvalue weighted by molar-refractivity contribution is 9.10. The van der Waals surface area contributed by atoms with Crippen LogP contribution in [0.15, 0.2) is 33.9 Å². The topological polar surface area (TPSA) is 86.9 Å². The highest BCUT2D eigenvalue weighted by atomic mass is 79.9. The van der Waals surface area contributed by atoms with Gasteiger partial charge in [0.05, 0.1) is 6.20 Å². The molecular formula is C12H15BrN4O2S. The summed E-state index contributed by atoms with van der Waals surface area (Å²) in [6.45, 7) is 2.32. The number of hydrogen-bond acceptors (Lipinski definition) is 4. The lowest BCUT2D eigenvalue weighted by Crippen LogP contribution is -2.17. The number of aromatic amines is 1. The minimum Gasteiger partial charge on any atom is -0.316 e. The largest absolute Gasteiger partial charge is 0.316 e. The minimum absolute atomic E-state index is 0.0763. The zero-order chi connectivity index (χ0) is 14.8. The fourth-order valence-corrected chi connectivity index (χ4v) is 3.19. The van der Waals surface area contributed by atoms with E-state index in [1.54, 1.807) is 25.2 Å². The smallest absolute Gasteiger partial charge is 0.279 e. The molecule has 0 bridgehead atoms. The molecule has 2 aromatic rings. The summed E-state index contributed by atoms with van der Waals surface area (Å²) in [6, 6.07) is 5.26. The molecule has 0 saturated carbocycles. The Morgan fingerprint density at radius 3 is 2.80 bits per heavy atom. The van der Waals surface area contributed by atoms with Crippen molar-refractivity contribution in [3.05, 3.63) is 40.0 Å². The van der Waals surface area contributed by atoms with E-state index in [9.17, 15) is 8.42 Å². The van der Waals surface area contributed by atoms with Crippen LogP contribution in [0.3, 0.4) is 0 Å². The van der Waals surface area contributed by atoms with E-state index in [4.69, 9.17) is 0 Å². The molecule has 0 aliphatic rings. The van der Waals surface area contributed by atoms with Gasteiger partial charge in [0.1, 0.15) is 0 Å². The molecule has 20 heavy (non-hydrogen) atoms. The van der Waals surface area contributed by atoms with Gasteiger partial charge in [0.2, 0.25) is 0 Å². The number of halogens is 1. The number of rotatable bonds is 5. The first-order chi connectivity index (χ1) is 9.44. The fourth-order valence-electron chi connectivity index (χ4n) is 1.76. The Hall–Kier alpha value is -1.38. The van der Waals surface area contributed by atoms with Crippen LogP contribution in [-0.4, -0.2) is 25.7 Å². The predicted molar refractivity (Wildman–Crippen MR) is 81.0 cm³/mol. The van der Waals surface area contributed by atoms with E-state index in [0.717, 1.165) is 10.0 Å². The van der Waals surface area contributed by atoms with Crippen molar-refractivity contribution in [2.75, 3.05) is 11.8 Å². The van der Waals surface area contributed by atoms with Crippen LogP contribution in [-0.2, 0) is 16.6 Å². The molecule has 0 radical (unpaired) electrons. The van der Waals surface area contributed by atoms with Gasteiger partial charge in [-0.05, 0) is 37.7 Å². The summed E-state index contributed by atoms with van der Waals surface area (Å²) in [5.74, 6) is 0. The molecule has 0 atom stereocenters. The van der Waals surface area contributed by atoms with Gasteiger partial charge in [-0.25, -0.2) is 0 Å². The standard InChI is InChI=1S/C12H15BrN4O2S/c1-8-5-10(3-4-11(8)13)17-20(18,19)12-9(6-14-2)7-15-16-12/h3-5,7,14,17H,6H2,1-2H3,(H,15,16). The molecule has 0 aliphatic carbocycles. The van der Waals surface area contributed by atoms with Crippen LogP contribution < -0.4 is 10.0 Å². The van der Waals surface area contributed by atoms with Crippen molar-refractivity contribution in [1.82, 2.24) is 15.5 Å². The first kappa shape index (κ1) is 15.0. The van der Waals surface area contributed by atoms with Gasteiger partial charge in [0, 0.05) is 22.3 Å². The first-order valence-electron chi connectivity index (χ1n) is 5.90. The number of benzene rings is 1. The Morgan fingerprint density at radius 1 is 1.40 bits per heavy atom. The normalized spacial score (nSPS) is 11.6. The third kappa shape index (κ3) is 3.20. The van der Waals surface area contributed by atoms with E-state index in [1.165, 1.54) is 6.20 Å². The van der Waals surface area contributed by atoms with Crippen LogP contribution in [0.25, 0.3) is 0 Å². The fraction of sp³-hybridized carbons (Fsp3) is 0.250. The number of anilines is 1. The van der Waals surface area contributed by atoms with Crippen molar-refractivity contribution in [2.24, 2.45) is 0 Å². The summed E-state index contributed by atoms with van der Waals surface area (Å²) < 4.78 is 28.1. The molecule has 3 N–H and O–H groups in total. The van der Waals surface area contributed by atoms with Gasteiger partial charge in [0.25, 0.3) is 10.0 Å². The summed E-state index contributed by atoms with van der Waals surface area (Å²) in [5.41, 5.74) is 2.05. The van der Waals surface area contributed by atoms with E-state index < -0.39 is 10.0 Å². The SMILES string of the molecule is CNCc1cn[nH]c1S(=O)(=O)Nc1ccc(Br)c(C)c1. The molecule has 108 valence electrons. The van der Waals surface area contributed by atoms with Gasteiger partial charge in [-0.15, -0.1) is 0 Å². The number of aryl methyl sites for hydroxylation is 1. The Kier molecular flexibility index (Phi) is 4.46. The van der Waals surface area contributed by atoms with Crippen molar-refractivity contribution in [3.8, 4) is 0 Å². The molecule has 0 aliphatic heterocycles. The molecule has 1 aromatic carbocycles. The van der Waals surface area contributed by atoms with Crippen LogP contribution in [0.5, 0.6) is 0 Å². The number of nitrogens with one attached hydrogen (secondary N) is 3. The van der Waals surface area contributed by atoms with E-state index in [-0.39, 0.29) is 5.03 Å². The molecule has 8 heteroatoms. The lowest BCUT2D eigenvalue weighted by atomic mass is 10.2. The Labute approximate surface area is 126 Å². The number of aromatic nitrogens is 2. The Balaban J connectivity index is 2.30. The quantitative estimate of drug-likeness (QED) is 0.762. The van der Waals surface area contributed by atoms with Crippen molar-refractivity contribution in [3.63, 3.8) is 0 Å². The van der Waals surface area contributed by atoms with E-state index in [1.807, 2.05) is 6.92 Å². The molecule has 0 unspecified atom stereocenters. The third-order valence-corrected chi connectivity index (χ3v) is 5.01. The van der Waals surface area contributed by atoms with Crippen LogP contribution in [0, 0.1) is 6.92 Å². The van der Waals surface area contributed by atoms with E-state index >= 15 is 0 Å². The van der Waals surface area contributed by atoms with Crippen molar-refractivity contribution < 1.29 is 8.42 Å². The molecule has 2 rings (SSSR count). The maximum absolute atomic E-state index is 12.3. The lowest BCUT2D eigenvalue weighted by molar-refractivity contribution is 0.595. The number of nitrogens with zero attached hydrogens (tertiary/aromatic N) is 1. The zero-order valence-electron chi connectivity index (χ0n) is 11.1. The zero-order valence-corrected chi connectivity index (χ0v) is 13.5. The van der Waals surface area contributed by atoms with Gasteiger partial charge in [-0.2, -0.15) is 13.5 Å². The number of sulfonamides is 1. The molecule has 0 fully saturated rings. The maximum Gasteiger partial charge on any atom is 0.279 e. The summed E-state index contributed by atoms with van der Waals surface area (Å²) >= 11 is 3.38. The first-order valence-corrected chi connectivity index (χ1v) is 8.17. The Morgan fingerprint density at radius 2 is 2.15 bits per heavy atom. The highest BCUT2D eigenvalue weighted by Gasteiger charge is 2.20. The third-order valence-electron chi connectivity index (χ3n) is 2.72. The van der Waals surface area contributed by atoms with Crippen LogP contribution in [0.2, 0.25) is 0 Å². The second-order valence-corrected chi connectivity index (χ2v) is 6.80. The van der Waals surface area contributed by atoms with Gasteiger partial charge >= 0.3 is 0 Å². The highest BCUT2D eigenvalue weighted by Crippen LogP contribution is 2.22. The van der Waals surface area contributed by atoms with Gasteiger partial charge in [-0.3, -0.25) is 9.82 Å². The average Bonchev–Trinajstić information content (AvgIpc) is 2.83. The molecule has 0 saturated heterocycles. The molecule has 6 nitrogen and oxygen atoms in total. The van der Waals surface area contributed by atoms with Crippen LogP contribution in [0.4, 0.5) is 5.69 Å². The van der Waals surface area contributed by atoms with Crippen LogP contribution >= 0.6 is 15.9 Å². The summed E-state index contributed by atoms with van der Waals surface area (Å²) in [6.07, 6.45) is 1.50. The van der Waals surface area contributed by atoms with E-state index in [2.05, 4.69) is 36.2 Å². The summed E-state index contributed by atoms with van der Waals surface area (Å²) in [5, 5.41) is 9.30. The van der Waals surface area contributed by atoms with Gasteiger partial charge in [-0.1, -0.05) is 15.9 Å². The number of H-pyrrole nitrogens is 1. The monoisotopic (exact) mass is 358 g/mol. The molecular weight excluding hydrogens is 344 g/mol. The Bertz CT molecular complexity index is 712. The molecule has 1 aromatic heterocycles. The molecule has 0 spiro atoms. The average molecular weight is 359 g/mol. The van der Waals surface area contributed by atoms with Gasteiger partial charge in [0.15, 0.2) is 5.03 Å². The molecule has 0 amide bonds. The second-order valence-electron chi connectivity index (χ2n) is 4.32.